The lowest BCUT2D eigenvalue weighted by atomic mass is 9.95. The van der Waals surface area contributed by atoms with Crippen LogP contribution in [-0.4, -0.2) is 55.0 Å². The Morgan fingerprint density at radius 3 is 2.61 bits per heavy atom. The van der Waals surface area contributed by atoms with E-state index in [1.165, 1.54) is 37.3 Å². The van der Waals surface area contributed by atoms with Crippen molar-refractivity contribution in [3.8, 4) is 0 Å². The number of fused-ring (bicyclic) bond motifs is 1. The van der Waals surface area contributed by atoms with Crippen molar-refractivity contribution in [2.75, 3.05) is 25.3 Å². The molecule has 1 aliphatic heterocycles. The van der Waals surface area contributed by atoms with Crippen LogP contribution in [0.4, 0.5) is 5.00 Å². The fraction of sp³-hybridized carbons (Fsp3) is 0.556. The molecule has 28 heavy (non-hydrogen) atoms. The van der Waals surface area contributed by atoms with E-state index < -0.39 is 23.2 Å². The van der Waals surface area contributed by atoms with Gasteiger partial charge in [0.1, 0.15) is 11.0 Å². The Hall–Kier alpha value is -2.07. The zero-order chi connectivity index (χ0) is 20.3. The molecule has 1 aromatic heterocycles. The van der Waals surface area contributed by atoms with Crippen LogP contribution >= 0.6 is 23.1 Å². The fourth-order valence-electron chi connectivity index (χ4n) is 3.33. The van der Waals surface area contributed by atoms with Gasteiger partial charge in [-0.05, 0) is 31.2 Å². The first-order chi connectivity index (χ1) is 13.4. The summed E-state index contributed by atoms with van der Waals surface area (Å²) in [5, 5.41) is 5.25. The molecule has 2 heterocycles. The Bertz CT molecular complexity index is 806. The van der Waals surface area contributed by atoms with Crippen LogP contribution in [0.25, 0.3) is 0 Å². The number of nitrogens with one attached hydrogen (secondary N) is 2. The molecule has 0 aromatic carbocycles. The first-order valence-corrected chi connectivity index (χ1v) is 10.8. The highest BCUT2D eigenvalue weighted by atomic mass is 32.2. The minimum Gasteiger partial charge on any atom is -0.467 e. The maximum atomic E-state index is 12.5. The van der Waals surface area contributed by atoms with Crippen LogP contribution in [0.5, 0.6) is 0 Å². The number of carbonyl (C=O) groups excluding carboxylic acids is 4. The molecule has 0 saturated carbocycles. The van der Waals surface area contributed by atoms with Gasteiger partial charge >= 0.3 is 11.9 Å². The first kappa shape index (κ1) is 20.7. The number of rotatable bonds is 5. The average Bonchev–Trinajstić information content (AvgIpc) is 3.05. The normalized spacial score (nSPS) is 21.3. The number of amides is 2. The van der Waals surface area contributed by atoms with Crippen LogP contribution in [0, 0.1) is 0 Å². The van der Waals surface area contributed by atoms with Crippen molar-refractivity contribution in [2.24, 2.45) is 0 Å². The molecular weight excluding hydrogens is 404 g/mol. The minimum absolute atomic E-state index is 0.0480. The zero-order valence-electron chi connectivity index (χ0n) is 15.7. The lowest BCUT2D eigenvalue weighted by Crippen LogP contribution is -2.51. The van der Waals surface area contributed by atoms with Gasteiger partial charge in [-0.25, -0.2) is 9.59 Å². The number of esters is 2. The van der Waals surface area contributed by atoms with Gasteiger partial charge < -0.3 is 20.1 Å². The summed E-state index contributed by atoms with van der Waals surface area (Å²) in [5.74, 6) is -1.35. The van der Waals surface area contributed by atoms with Gasteiger partial charge in [0.05, 0.1) is 25.0 Å². The summed E-state index contributed by atoms with van der Waals surface area (Å²) in [4.78, 5) is 49.6. The van der Waals surface area contributed by atoms with Gasteiger partial charge in [0, 0.05) is 17.1 Å². The van der Waals surface area contributed by atoms with E-state index in [4.69, 9.17) is 4.74 Å². The second kappa shape index (κ2) is 8.95. The zero-order valence-corrected chi connectivity index (χ0v) is 17.3. The Morgan fingerprint density at radius 1 is 1.18 bits per heavy atom. The Balaban J connectivity index is 1.67. The summed E-state index contributed by atoms with van der Waals surface area (Å²) >= 11 is 2.65. The summed E-state index contributed by atoms with van der Waals surface area (Å²) in [7, 11) is 2.58. The van der Waals surface area contributed by atoms with Gasteiger partial charge in [-0.2, -0.15) is 0 Å². The van der Waals surface area contributed by atoms with E-state index in [-0.39, 0.29) is 18.2 Å². The van der Waals surface area contributed by atoms with Crippen molar-refractivity contribution in [1.29, 1.82) is 0 Å². The smallest absolute Gasteiger partial charge is 0.341 e. The molecule has 2 N–H and O–H groups in total. The van der Waals surface area contributed by atoms with Crippen LogP contribution in [0.1, 0.15) is 40.1 Å². The Labute approximate surface area is 170 Å². The summed E-state index contributed by atoms with van der Waals surface area (Å²) < 4.78 is 9.53. The first-order valence-electron chi connectivity index (χ1n) is 8.97. The van der Waals surface area contributed by atoms with Gasteiger partial charge in [0.15, 0.2) is 0 Å². The van der Waals surface area contributed by atoms with Crippen molar-refractivity contribution in [3.63, 3.8) is 0 Å². The fourth-order valence-corrected chi connectivity index (χ4v) is 5.76. The molecule has 2 atom stereocenters. The standard InChI is InChI=1S/C18H22N2O6S2/c1-25-17(23)10-8-27-12(15(22)19-10)7-13(21)20-16-14(18(24)26-2)9-5-3-4-6-11(9)28-16/h10,12H,3-8H2,1-2H3,(H,19,22)(H,20,21)/t10-,12-/m0/s1. The molecule has 0 radical (unpaired) electrons. The topological polar surface area (TPSA) is 111 Å². The summed E-state index contributed by atoms with van der Waals surface area (Å²) in [6, 6.07) is -0.697. The molecule has 1 saturated heterocycles. The van der Waals surface area contributed by atoms with Crippen molar-refractivity contribution >= 4 is 51.9 Å². The van der Waals surface area contributed by atoms with Crippen LogP contribution in [0.15, 0.2) is 0 Å². The maximum Gasteiger partial charge on any atom is 0.341 e. The minimum atomic E-state index is -0.697. The highest BCUT2D eigenvalue weighted by Gasteiger charge is 2.34. The SMILES string of the molecule is COC(=O)c1c(NC(=O)C[C@@H]2SC[C@@H](C(=O)OC)NC2=O)sc2c1CCCC2. The van der Waals surface area contributed by atoms with Gasteiger partial charge in [-0.1, -0.05) is 0 Å². The number of hydrogen-bond donors (Lipinski definition) is 2. The molecule has 2 aliphatic rings. The lowest BCUT2D eigenvalue weighted by Gasteiger charge is -2.26. The number of anilines is 1. The largest absolute Gasteiger partial charge is 0.467 e. The van der Waals surface area contributed by atoms with Crippen LogP contribution in [-0.2, 0) is 36.7 Å². The molecule has 8 nitrogen and oxygen atoms in total. The molecule has 3 rings (SSSR count). The van der Waals surface area contributed by atoms with Crippen LogP contribution in [0.3, 0.4) is 0 Å². The predicted octanol–water partition coefficient (Wildman–Crippen LogP) is 1.52. The molecular formula is C18H22N2O6S2. The second-order valence-electron chi connectivity index (χ2n) is 6.57. The van der Waals surface area contributed by atoms with Gasteiger partial charge in [0.25, 0.3) is 0 Å². The summed E-state index contributed by atoms with van der Waals surface area (Å²) in [6.07, 6.45) is 3.69. The molecule has 10 heteroatoms. The number of methoxy groups -OCH3 is 2. The highest BCUT2D eigenvalue weighted by molar-refractivity contribution is 8.00. The van der Waals surface area contributed by atoms with Crippen LogP contribution < -0.4 is 10.6 Å². The van der Waals surface area contributed by atoms with Crippen molar-refractivity contribution in [2.45, 2.75) is 43.4 Å². The number of aryl methyl sites for hydroxylation is 1. The van der Waals surface area contributed by atoms with Gasteiger partial charge in [0.2, 0.25) is 11.8 Å². The monoisotopic (exact) mass is 426 g/mol. The number of thiophene rings is 1. The van der Waals surface area contributed by atoms with Crippen molar-refractivity contribution in [3.05, 3.63) is 16.0 Å². The average molecular weight is 427 g/mol. The summed E-state index contributed by atoms with van der Waals surface area (Å²) in [5.41, 5.74) is 1.39. The van der Waals surface area contributed by atoms with E-state index in [0.29, 0.717) is 16.3 Å². The van der Waals surface area contributed by atoms with Gasteiger partial charge in [-0.3, -0.25) is 9.59 Å². The van der Waals surface area contributed by atoms with E-state index in [1.807, 2.05) is 0 Å². The lowest BCUT2D eigenvalue weighted by molar-refractivity contribution is -0.144. The molecule has 1 aliphatic carbocycles. The van der Waals surface area contributed by atoms with Crippen molar-refractivity contribution in [1.82, 2.24) is 5.32 Å². The summed E-state index contributed by atoms with van der Waals surface area (Å²) in [6.45, 7) is 0. The van der Waals surface area contributed by atoms with Crippen LogP contribution in [0.2, 0.25) is 0 Å². The maximum absolute atomic E-state index is 12.5. The Kier molecular flexibility index (Phi) is 6.61. The molecule has 2 amide bonds. The molecule has 1 aromatic rings. The molecule has 0 spiro atoms. The van der Waals surface area contributed by atoms with E-state index in [1.54, 1.807) is 0 Å². The quantitative estimate of drug-likeness (QED) is 0.687. The molecule has 152 valence electrons. The molecule has 0 bridgehead atoms. The van der Waals surface area contributed by atoms with E-state index in [0.717, 1.165) is 36.1 Å². The van der Waals surface area contributed by atoms with E-state index >= 15 is 0 Å². The molecule has 1 fully saturated rings. The number of carbonyl (C=O) groups is 4. The molecule has 0 unspecified atom stereocenters. The highest BCUT2D eigenvalue weighted by Crippen LogP contribution is 2.38. The third-order valence-corrected chi connectivity index (χ3v) is 7.26. The number of ether oxygens (including phenoxy) is 2. The van der Waals surface area contributed by atoms with Gasteiger partial charge in [-0.15, -0.1) is 23.1 Å². The van der Waals surface area contributed by atoms with E-state index in [2.05, 4.69) is 15.4 Å². The van der Waals surface area contributed by atoms with E-state index in [9.17, 15) is 19.2 Å². The third kappa shape index (κ3) is 4.33. The number of thioether (sulfide) groups is 1. The second-order valence-corrected chi connectivity index (χ2v) is 8.91. The third-order valence-electron chi connectivity index (χ3n) is 4.74. The number of hydrogen-bond acceptors (Lipinski definition) is 8. The predicted molar refractivity (Wildman–Crippen MR) is 106 cm³/mol. The Morgan fingerprint density at radius 2 is 1.93 bits per heavy atom. The van der Waals surface area contributed by atoms with Crippen molar-refractivity contribution < 1.29 is 28.7 Å².